The van der Waals surface area contributed by atoms with Crippen molar-refractivity contribution in [1.82, 2.24) is 0 Å². The SMILES string of the molecule is COCCN(C)c1ccc(C(C)N)cc1Cl. The highest BCUT2D eigenvalue weighted by Crippen LogP contribution is 2.27. The quantitative estimate of drug-likeness (QED) is 0.862. The first kappa shape index (κ1) is 13.3. The number of hydrogen-bond donors (Lipinski definition) is 1. The number of methoxy groups -OCH3 is 1. The molecule has 0 radical (unpaired) electrons. The molecule has 16 heavy (non-hydrogen) atoms. The Morgan fingerprint density at radius 1 is 1.50 bits per heavy atom. The zero-order valence-corrected chi connectivity index (χ0v) is 10.8. The second kappa shape index (κ2) is 6.09. The lowest BCUT2D eigenvalue weighted by molar-refractivity contribution is 0.206. The van der Waals surface area contributed by atoms with E-state index in [9.17, 15) is 0 Å². The molecule has 0 aliphatic heterocycles. The van der Waals surface area contributed by atoms with Gasteiger partial charge in [0, 0.05) is 26.7 Å². The molecule has 0 aliphatic rings. The van der Waals surface area contributed by atoms with Crippen molar-refractivity contribution in [2.24, 2.45) is 5.73 Å². The van der Waals surface area contributed by atoms with E-state index in [1.54, 1.807) is 7.11 Å². The Labute approximate surface area is 102 Å². The maximum atomic E-state index is 6.21. The average Bonchev–Trinajstić information content (AvgIpc) is 2.25. The third-order valence-electron chi connectivity index (χ3n) is 2.54. The number of ether oxygens (including phenoxy) is 1. The van der Waals surface area contributed by atoms with Crippen LogP contribution in [0.2, 0.25) is 5.02 Å². The first-order valence-electron chi connectivity index (χ1n) is 5.31. The van der Waals surface area contributed by atoms with Crippen LogP contribution in [-0.2, 0) is 4.74 Å². The molecular formula is C12H19ClN2O. The molecule has 1 aromatic carbocycles. The molecule has 1 unspecified atom stereocenters. The van der Waals surface area contributed by atoms with Crippen LogP contribution in [0.25, 0.3) is 0 Å². The summed E-state index contributed by atoms with van der Waals surface area (Å²) in [5, 5.41) is 0.730. The number of nitrogens with zero attached hydrogens (tertiary/aromatic N) is 1. The number of hydrogen-bond acceptors (Lipinski definition) is 3. The Hall–Kier alpha value is -0.770. The van der Waals surface area contributed by atoms with Crippen molar-refractivity contribution in [3.05, 3.63) is 28.8 Å². The third kappa shape index (κ3) is 3.37. The van der Waals surface area contributed by atoms with Gasteiger partial charge in [0.05, 0.1) is 17.3 Å². The van der Waals surface area contributed by atoms with Crippen LogP contribution in [0.1, 0.15) is 18.5 Å². The van der Waals surface area contributed by atoms with Crippen LogP contribution >= 0.6 is 11.6 Å². The second-order valence-corrected chi connectivity index (χ2v) is 4.32. The Morgan fingerprint density at radius 2 is 2.19 bits per heavy atom. The zero-order valence-electron chi connectivity index (χ0n) is 10.0. The molecule has 0 saturated heterocycles. The molecular weight excluding hydrogens is 224 g/mol. The monoisotopic (exact) mass is 242 g/mol. The number of halogens is 1. The fraction of sp³-hybridized carbons (Fsp3) is 0.500. The predicted octanol–water partition coefficient (Wildman–Crippen LogP) is 2.44. The molecule has 0 bridgehead atoms. The van der Waals surface area contributed by atoms with Crippen LogP contribution < -0.4 is 10.6 Å². The van der Waals surface area contributed by atoms with Gasteiger partial charge < -0.3 is 15.4 Å². The third-order valence-corrected chi connectivity index (χ3v) is 2.84. The molecule has 1 rings (SSSR count). The van der Waals surface area contributed by atoms with Gasteiger partial charge in [0.15, 0.2) is 0 Å². The number of rotatable bonds is 5. The summed E-state index contributed by atoms with van der Waals surface area (Å²) in [6, 6.07) is 5.94. The molecule has 3 nitrogen and oxygen atoms in total. The predicted molar refractivity (Wildman–Crippen MR) is 69.2 cm³/mol. The highest BCUT2D eigenvalue weighted by Gasteiger charge is 2.08. The van der Waals surface area contributed by atoms with Gasteiger partial charge in [-0.3, -0.25) is 0 Å². The van der Waals surface area contributed by atoms with Gasteiger partial charge in [-0.1, -0.05) is 17.7 Å². The van der Waals surface area contributed by atoms with Crippen LogP contribution in [-0.4, -0.2) is 27.3 Å². The summed E-state index contributed by atoms with van der Waals surface area (Å²) in [6.45, 7) is 3.44. The highest BCUT2D eigenvalue weighted by molar-refractivity contribution is 6.33. The highest BCUT2D eigenvalue weighted by atomic mass is 35.5. The van der Waals surface area contributed by atoms with Gasteiger partial charge in [0.1, 0.15) is 0 Å². The van der Waals surface area contributed by atoms with Crippen molar-refractivity contribution in [3.8, 4) is 0 Å². The molecule has 1 atom stereocenters. The average molecular weight is 243 g/mol. The minimum Gasteiger partial charge on any atom is -0.383 e. The summed E-state index contributed by atoms with van der Waals surface area (Å²) in [6.07, 6.45) is 0. The smallest absolute Gasteiger partial charge is 0.0642 e. The lowest BCUT2D eigenvalue weighted by Gasteiger charge is -2.21. The Morgan fingerprint density at radius 3 is 2.69 bits per heavy atom. The molecule has 2 N–H and O–H groups in total. The number of anilines is 1. The van der Waals surface area contributed by atoms with E-state index in [0.717, 1.165) is 22.8 Å². The summed E-state index contributed by atoms with van der Waals surface area (Å²) in [5.41, 5.74) is 7.85. The molecule has 0 heterocycles. The summed E-state index contributed by atoms with van der Waals surface area (Å²) in [7, 11) is 3.68. The molecule has 0 fully saturated rings. The minimum atomic E-state index is 0.0100. The molecule has 0 amide bonds. The normalized spacial score (nSPS) is 12.6. The summed E-state index contributed by atoms with van der Waals surface area (Å²) in [4.78, 5) is 2.07. The van der Waals surface area contributed by atoms with E-state index in [4.69, 9.17) is 22.1 Å². The van der Waals surface area contributed by atoms with E-state index in [-0.39, 0.29) is 6.04 Å². The Kier molecular flexibility index (Phi) is 5.06. The van der Waals surface area contributed by atoms with E-state index < -0.39 is 0 Å². The van der Waals surface area contributed by atoms with Crippen molar-refractivity contribution < 1.29 is 4.74 Å². The Balaban J connectivity index is 2.81. The summed E-state index contributed by atoms with van der Waals surface area (Å²) in [5.74, 6) is 0. The van der Waals surface area contributed by atoms with Gasteiger partial charge in [-0.2, -0.15) is 0 Å². The van der Waals surface area contributed by atoms with Crippen molar-refractivity contribution in [2.75, 3.05) is 32.2 Å². The molecule has 0 aliphatic carbocycles. The molecule has 1 aromatic rings. The van der Waals surface area contributed by atoms with Crippen molar-refractivity contribution in [2.45, 2.75) is 13.0 Å². The molecule has 4 heteroatoms. The second-order valence-electron chi connectivity index (χ2n) is 3.91. The zero-order chi connectivity index (χ0) is 12.1. The lowest BCUT2D eigenvalue weighted by Crippen LogP contribution is -2.22. The van der Waals surface area contributed by atoms with Crippen molar-refractivity contribution >= 4 is 17.3 Å². The fourth-order valence-corrected chi connectivity index (χ4v) is 1.80. The van der Waals surface area contributed by atoms with Gasteiger partial charge >= 0.3 is 0 Å². The van der Waals surface area contributed by atoms with E-state index >= 15 is 0 Å². The number of benzene rings is 1. The van der Waals surface area contributed by atoms with E-state index in [0.29, 0.717) is 6.61 Å². The largest absolute Gasteiger partial charge is 0.383 e. The van der Waals surface area contributed by atoms with Gasteiger partial charge in [0.25, 0.3) is 0 Å². The van der Waals surface area contributed by atoms with Crippen LogP contribution in [0.15, 0.2) is 18.2 Å². The van der Waals surface area contributed by atoms with Crippen LogP contribution in [0, 0.1) is 0 Å². The van der Waals surface area contributed by atoms with E-state index in [1.807, 2.05) is 32.2 Å². The maximum absolute atomic E-state index is 6.21. The maximum Gasteiger partial charge on any atom is 0.0642 e. The van der Waals surface area contributed by atoms with Gasteiger partial charge in [0.2, 0.25) is 0 Å². The standard InChI is InChI=1S/C12H19ClN2O/c1-9(14)10-4-5-12(11(13)8-10)15(2)6-7-16-3/h4-5,8-9H,6-7,14H2,1-3H3. The molecule has 90 valence electrons. The minimum absolute atomic E-state index is 0.0100. The van der Waals surface area contributed by atoms with Crippen LogP contribution in [0.4, 0.5) is 5.69 Å². The van der Waals surface area contributed by atoms with Gasteiger partial charge in [-0.25, -0.2) is 0 Å². The summed E-state index contributed by atoms with van der Waals surface area (Å²) < 4.78 is 5.03. The first-order chi connectivity index (χ1) is 7.56. The first-order valence-corrected chi connectivity index (χ1v) is 5.69. The molecule has 0 saturated carbocycles. The van der Waals surface area contributed by atoms with Crippen molar-refractivity contribution in [1.29, 1.82) is 0 Å². The lowest BCUT2D eigenvalue weighted by atomic mass is 10.1. The van der Waals surface area contributed by atoms with Crippen LogP contribution in [0.3, 0.4) is 0 Å². The summed E-state index contributed by atoms with van der Waals surface area (Å²) >= 11 is 6.21. The number of nitrogens with two attached hydrogens (primary N) is 1. The molecule has 0 aromatic heterocycles. The van der Waals surface area contributed by atoms with Gasteiger partial charge in [-0.05, 0) is 24.6 Å². The Bertz CT molecular complexity index is 342. The number of likely N-dealkylation sites (N-methyl/N-ethyl adjacent to an activating group) is 1. The fourth-order valence-electron chi connectivity index (χ4n) is 1.46. The topological polar surface area (TPSA) is 38.5 Å². The van der Waals surface area contributed by atoms with E-state index in [2.05, 4.69) is 4.90 Å². The van der Waals surface area contributed by atoms with Crippen LogP contribution in [0.5, 0.6) is 0 Å². The van der Waals surface area contributed by atoms with Crippen molar-refractivity contribution in [3.63, 3.8) is 0 Å². The van der Waals surface area contributed by atoms with Gasteiger partial charge in [-0.15, -0.1) is 0 Å². The van der Waals surface area contributed by atoms with E-state index in [1.165, 1.54) is 0 Å². The molecule has 0 spiro atoms.